The van der Waals surface area contributed by atoms with Crippen molar-refractivity contribution in [3.63, 3.8) is 0 Å². The number of rotatable bonds is 10. The summed E-state index contributed by atoms with van der Waals surface area (Å²) in [5, 5.41) is 23.8. The molecular formula is C15H26N2O6. The predicted octanol–water partition coefficient (Wildman–Crippen LogP) is -0.892. The molecule has 0 rings (SSSR count). The van der Waals surface area contributed by atoms with E-state index in [9.17, 15) is 19.5 Å². The Morgan fingerprint density at radius 1 is 1.22 bits per heavy atom. The van der Waals surface area contributed by atoms with Crippen LogP contribution in [0.25, 0.3) is 0 Å². The monoisotopic (exact) mass is 330 g/mol. The van der Waals surface area contributed by atoms with Crippen molar-refractivity contribution in [2.24, 2.45) is 5.41 Å². The zero-order valence-corrected chi connectivity index (χ0v) is 13.8. The summed E-state index contributed by atoms with van der Waals surface area (Å²) in [7, 11) is 0. The first-order valence-corrected chi connectivity index (χ1v) is 7.37. The van der Waals surface area contributed by atoms with Gasteiger partial charge in [-0.05, 0) is 6.92 Å². The lowest BCUT2D eigenvalue weighted by atomic mass is 9.87. The number of esters is 1. The Bertz CT molecular complexity index is 434. The maximum atomic E-state index is 11.7. The van der Waals surface area contributed by atoms with Gasteiger partial charge in [0.1, 0.15) is 12.7 Å². The lowest BCUT2D eigenvalue weighted by Gasteiger charge is -2.27. The third-order valence-electron chi connectivity index (χ3n) is 3.02. The van der Waals surface area contributed by atoms with Crippen LogP contribution in [0.2, 0.25) is 0 Å². The van der Waals surface area contributed by atoms with E-state index in [1.165, 1.54) is 6.08 Å². The molecule has 0 saturated carbocycles. The Labute approximate surface area is 135 Å². The number of allylic oxidation sites excluding steroid dienone is 1. The number of aliphatic hydroxyl groups excluding tert-OH is 2. The molecule has 0 aromatic carbocycles. The first-order chi connectivity index (χ1) is 10.7. The van der Waals surface area contributed by atoms with E-state index in [2.05, 4.69) is 10.6 Å². The fraction of sp³-hybridized carbons (Fsp3) is 0.667. The van der Waals surface area contributed by atoms with Gasteiger partial charge in [0.2, 0.25) is 11.8 Å². The van der Waals surface area contributed by atoms with Crippen molar-refractivity contribution in [1.29, 1.82) is 0 Å². The molecule has 4 N–H and O–H groups in total. The molecule has 8 heteroatoms. The van der Waals surface area contributed by atoms with Gasteiger partial charge in [0.25, 0.3) is 0 Å². The summed E-state index contributed by atoms with van der Waals surface area (Å²) in [5.41, 5.74) is -0.955. The second-order valence-corrected chi connectivity index (χ2v) is 5.61. The Morgan fingerprint density at radius 3 is 2.43 bits per heavy atom. The minimum atomic E-state index is -1.36. The van der Waals surface area contributed by atoms with E-state index >= 15 is 0 Å². The average molecular weight is 330 g/mol. The van der Waals surface area contributed by atoms with Crippen LogP contribution in [0.15, 0.2) is 12.2 Å². The maximum Gasteiger partial charge on any atom is 0.330 e. The van der Waals surface area contributed by atoms with Gasteiger partial charge < -0.3 is 25.6 Å². The maximum absolute atomic E-state index is 11.7. The zero-order valence-electron chi connectivity index (χ0n) is 13.8. The van der Waals surface area contributed by atoms with Gasteiger partial charge in [-0.1, -0.05) is 19.9 Å². The third kappa shape index (κ3) is 8.94. The molecule has 0 aliphatic carbocycles. The largest absolute Gasteiger partial charge is 0.461 e. The van der Waals surface area contributed by atoms with E-state index in [4.69, 9.17) is 9.84 Å². The van der Waals surface area contributed by atoms with Gasteiger partial charge in [-0.15, -0.1) is 0 Å². The van der Waals surface area contributed by atoms with Gasteiger partial charge in [0, 0.05) is 24.5 Å². The summed E-state index contributed by atoms with van der Waals surface area (Å²) in [6, 6.07) is 0. The van der Waals surface area contributed by atoms with E-state index in [0.29, 0.717) is 0 Å². The van der Waals surface area contributed by atoms with E-state index in [0.717, 1.165) is 0 Å². The smallest absolute Gasteiger partial charge is 0.330 e. The fourth-order valence-electron chi connectivity index (χ4n) is 1.45. The van der Waals surface area contributed by atoms with Gasteiger partial charge in [-0.2, -0.15) is 0 Å². The van der Waals surface area contributed by atoms with E-state index in [1.54, 1.807) is 26.8 Å². The van der Waals surface area contributed by atoms with E-state index in [-0.39, 0.29) is 38.6 Å². The number of hydrogen-bond acceptors (Lipinski definition) is 6. The SMILES string of the molecule is C/C=C/C(=O)OCCNC(=O)CCNC(=O)[C@H](O)C(C)(C)CO. The van der Waals surface area contributed by atoms with Crippen LogP contribution in [-0.2, 0) is 19.1 Å². The van der Waals surface area contributed by atoms with Gasteiger partial charge in [0.15, 0.2) is 0 Å². The van der Waals surface area contributed by atoms with Crippen LogP contribution >= 0.6 is 0 Å². The summed E-state index contributed by atoms with van der Waals surface area (Å²) in [4.78, 5) is 34.2. The first kappa shape index (κ1) is 21.1. The van der Waals surface area contributed by atoms with Crippen molar-refractivity contribution in [3.8, 4) is 0 Å². The number of amides is 2. The van der Waals surface area contributed by atoms with Gasteiger partial charge in [0.05, 0.1) is 13.2 Å². The van der Waals surface area contributed by atoms with Gasteiger partial charge in [-0.25, -0.2) is 4.79 Å². The molecule has 8 nitrogen and oxygen atoms in total. The van der Waals surface area contributed by atoms with E-state index in [1.807, 2.05) is 0 Å². The van der Waals surface area contributed by atoms with Gasteiger partial charge >= 0.3 is 5.97 Å². The molecule has 0 radical (unpaired) electrons. The van der Waals surface area contributed by atoms with Crippen LogP contribution in [0.5, 0.6) is 0 Å². The van der Waals surface area contributed by atoms with Crippen LogP contribution in [0.4, 0.5) is 0 Å². The molecular weight excluding hydrogens is 304 g/mol. The Balaban J connectivity index is 3.86. The minimum absolute atomic E-state index is 0.0286. The van der Waals surface area contributed by atoms with Gasteiger partial charge in [-0.3, -0.25) is 9.59 Å². The number of nitrogens with one attached hydrogen (secondary N) is 2. The van der Waals surface area contributed by atoms with E-state index < -0.39 is 23.4 Å². The number of aliphatic hydroxyl groups is 2. The molecule has 0 fully saturated rings. The fourth-order valence-corrected chi connectivity index (χ4v) is 1.45. The van der Waals surface area contributed by atoms with Crippen LogP contribution in [0.1, 0.15) is 27.2 Å². The lowest BCUT2D eigenvalue weighted by molar-refractivity contribution is -0.138. The lowest BCUT2D eigenvalue weighted by Crippen LogP contribution is -2.46. The molecule has 0 unspecified atom stereocenters. The predicted molar refractivity (Wildman–Crippen MR) is 83.3 cm³/mol. The first-order valence-electron chi connectivity index (χ1n) is 7.37. The normalized spacial score (nSPS) is 12.7. The molecule has 0 bridgehead atoms. The van der Waals surface area contributed by atoms with Crippen molar-refractivity contribution < 1.29 is 29.3 Å². The molecule has 132 valence electrons. The number of carbonyl (C=O) groups excluding carboxylic acids is 3. The summed E-state index contributed by atoms with van der Waals surface area (Å²) in [6.45, 7) is 4.75. The molecule has 0 aliphatic heterocycles. The molecule has 2 amide bonds. The van der Waals surface area contributed by atoms with Crippen LogP contribution in [0, 0.1) is 5.41 Å². The molecule has 0 spiro atoms. The highest BCUT2D eigenvalue weighted by atomic mass is 16.5. The van der Waals surface area contributed by atoms with Crippen molar-refractivity contribution >= 4 is 17.8 Å². The molecule has 0 saturated heterocycles. The highest BCUT2D eigenvalue weighted by Gasteiger charge is 2.32. The molecule has 0 aliphatic rings. The highest BCUT2D eigenvalue weighted by molar-refractivity contribution is 5.83. The molecule has 0 aromatic heterocycles. The number of hydrogen-bond donors (Lipinski definition) is 4. The van der Waals surface area contributed by atoms with Crippen LogP contribution in [-0.4, -0.2) is 60.4 Å². The average Bonchev–Trinajstić information content (AvgIpc) is 2.50. The summed E-state index contributed by atoms with van der Waals surface area (Å²) >= 11 is 0. The van der Waals surface area contributed by atoms with Crippen LogP contribution < -0.4 is 10.6 Å². The van der Waals surface area contributed by atoms with Crippen molar-refractivity contribution in [1.82, 2.24) is 10.6 Å². The quantitative estimate of drug-likeness (QED) is 0.234. The molecule has 1 atom stereocenters. The Hall–Kier alpha value is -1.93. The summed E-state index contributed by atoms with van der Waals surface area (Å²) < 4.78 is 4.79. The Morgan fingerprint density at radius 2 is 1.87 bits per heavy atom. The summed E-state index contributed by atoms with van der Waals surface area (Å²) in [6.07, 6.45) is 1.49. The van der Waals surface area contributed by atoms with Crippen molar-refractivity contribution in [3.05, 3.63) is 12.2 Å². The molecule has 0 aromatic rings. The second kappa shape index (κ2) is 10.7. The Kier molecular flexibility index (Phi) is 9.84. The second-order valence-electron chi connectivity index (χ2n) is 5.61. The highest BCUT2D eigenvalue weighted by Crippen LogP contribution is 2.19. The summed E-state index contributed by atoms with van der Waals surface area (Å²) in [5.74, 6) is -1.44. The molecule has 0 heterocycles. The van der Waals surface area contributed by atoms with Crippen molar-refractivity contribution in [2.75, 3.05) is 26.3 Å². The standard InChI is InChI=1S/C15H26N2O6/c1-4-5-12(20)23-9-8-16-11(19)6-7-17-14(22)13(21)15(2,3)10-18/h4-5,13,18,21H,6-10H2,1-3H3,(H,16,19)(H,17,22)/b5-4+/t13-/m0/s1. The minimum Gasteiger partial charge on any atom is -0.461 e. The third-order valence-corrected chi connectivity index (χ3v) is 3.02. The zero-order chi connectivity index (χ0) is 17.9. The number of ether oxygens (including phenoxy) is 1. The molecule has 23 heavy (non-hydrogen) atoms. The topological polar surface area (TPSA) is 125 Å². The van der Waals surface area contributed by atoms with Crippen LogP contribution in [0.3, 0.4) is 0 Å². The number of carbonyl (C=O) groups is 3. The van der Waals surface area contributed by atoms with Crippen molar-refractivity contribution in [2.45, 2.75) is 33.3 Å².